The highest BCUT2D eigenvalue weighted by atomic mass is 16.5. The monoisotopic (exact) mass is 448 g/mol. The highest BCUT2D eigenvalue weighted by Gasteiger charge is 2.23. The molecule has 1 fully saturated rings. The normalized spacial score (nSPS) is 16.6. The molecule has 1 unspecified atom stereocenters. The molecule has 1 saturated heterocycles. The number of rotatable bonds is 13. The van der Waals surface area contributed by atoms with Gasteiger partial charge in [0.2, 0.25) is 0 Å². The molecule has 1 aliphatic heterocycles. The third-order valence-corrected chi connectivity index (χ3v) is 5.56. The van der Waals surface area contributed by atoms with Crippen LogP contribution in [-0.2, 0) is 16.1 Å². The maximum atomic E-state index is 11.3. The van der Waals surface area contributed by atoms with Gasteiger partial charge in [-0.05, 0) is 43.9 Å². The molecule has 8 nitrogen and oxygen atoms in total. The van der Waals surface area contributed by atoms with Crippen LogP contribution in [0.15, 0.2) is 23.2 Å². The standard InChI is InChI=1S/C24H40N4O4/c1-5-32-23(29)10-8-6-7-9-12-26-24(25-2)27-20-11-13-28(18-20)17-19-14-21(30-3)16-22(15-19)31-4/h14-16,20H,5-13,17-18H2,1-4H3,(H2,25,26,27). The van der Waals surface area contributed by atoms with Crippen molar-refractivity contribution in [3.8, 4) is 11.5 Å². The fourth-order valence-corrected chi connectivity index (χ4v) is 3.89. The molecule has 1 atom stereocenters. The van der Waals surface area contributed by atoms with Crippen molar-refractivity contribution < 1.29 is 19.0 Å². The average Bonchev–Trinajstić information content (AvgIpc) is 3.23. The van der Waals surface area contributed by atoms with Gasteiger partial charge in [-0.2, -0.15) is 0 Å². The molecule has 1 heterocycles. The quantitative estimate of drug-likeness (QED) is 0.208. The zero-order chi connectivity index (χ0) is 23.2. The van der Waals surface area contributed by atoms with Gasteiger partial charge in [-0.3, -0.25) is 14.7 Å². The van der Waals surface area contributed by atoms with Gasteiger partial charge in [0.25, 0.3) is 0 Å². The number of ether oxygens (including phenoxy) is 3. The SMILES string of the molecule is CCOC(=O)CCCCCCNC(=NC)NC1CCN(Cc2cc(OC)cc(OC)c2)C1. The molecule has 1 aliphatic rings. The van der Waals surface area contributed by atoms with E-state index < -0.39 is 0 Å². The Morgan fingerprint density at radius 1 is 1.12 bits per heavy atom. The molecule has 2 rings (SSSR count). The fourth-order valence-electron chi connectivity index (χ4n) is 3.89. The number of likely N-dealkylation sites (tertiary alicyclic amines) is 1. The summed E-state index contributed by atoms with van der Waals surface area (Å²) in [6.07, 6.45) is 5.67. The number of carbonyl (C=O) groups excluding carboxylic acids is 1. The molecule has 2 N–H and O–H groups in total. The average molecular weight is 449 g/mol. The Morgan fingerprint density at radius 2 is 1.84 bits per heavy atom. The lowest BCUT2D eigenvalue weighted by Gasteiger charge is -2.19. The Bertz CT molecular complexity index is 704. The minimum absolute atomic E-state index is 0.0913. The van der Waals surface area contributed by atoms with E-state index >= 15 is 0 Å². The molecule has 0 radical (unpaired) electrons. The van der Waals surface area contributed by atoms with Crippen molar-refractivity contribution in [3.63, 3.8) is 0 Å². The van der Waals surface area contributed by atoms with Crippen LogP contribution in [0, 0.1) is 0 Å². The van der Waals surface area contributed by atoms with E-state index in [4.69, 9.17) is 14.2 Å². The largest absolute Gasteiger partial charge is 0.497 e. The van der Waals surface area contributed by atoms with Crippen molar-refractivity contribution >= 4 is 11.9 Å². The van der Waals surface area contributed by atoms with Gasteiger partial charge in [-0.15, -0.1) is 0 Å². The molecular formula is C24H40N4O4. The van der Waals surface area contributed by atoms with Gasteiger partial charge in [0.15, 0.2) is 5.96 Å². The number of esters is 1. The van der Waals surface area contributed by atoms with E-state index in [1.807, 2.05) is 20.0 Å². The summed E-state index contributed by atoms with van der Waals surface area (Å²) < 4.78 is 15.7. The summed E-state index contributed by atoms with van der Waals surface area (Å²) in [6.45, 7) is 6.04. The summed E-state index contributed by atoms with van der Waals surface area (Å²) in [6, 6.07) is 6.40. The Kier molecular flexibility index (Phi) is 11.7. The van der Waals surface area contributed by atoms with Crippen LogP contribution in [0.4, 0.5) is 0 Å². The number of aliphatic imine (C=N–C) groups is 1. The third kappa shape index (κ3) is 9.34. The van der Waals surface area contributed by atoms with E-state index in [0.29, 0.717) is 19.1 Å². The fraction of sp³-hybridized carbons (Fsp3) is 0.667. The predicted molar refractivity (Wildman–Crippen MR) is 127 cm³/mol. The van der Waals surface area contributed by atoms with Gasteiger partial charge in [0.1, 0.15) is 11.5 Å². The molecule has 0 aliphatic carbocycles. The van der Waals surface area contributed by atoms with Gasteiger partial charge in [0.05, 0.1) is 20.8 Å². The number of carbonyl (C=O) groups is 1. The van der Waals surface area contributed by atoms with Gasteiger partial charge in [-0.25, -0.2) is 0 Å². The van der Waals surface area contributed by atoms with Crippen molar-refractivity contribution in [1.82, 2.24) is 15.5 Å². The summed E-state index contributed by atoms with van der Waals surface area (Å²) >= 11 is 0. The van der Waals surface area contributed by atoms with Crippen LogP contribution < -0.4 is 20.1 Å². The molecule has 1 aromatic carbocycles. The molecule has 180 valence electrons. The van der Waals surface area contributed by atoms with E-state index in [2.05, 4.69) is 32.7 Å². The van der Waals surface area contributed by atoms with Crippen molar-refractivity contribution in [3.05, 3.63) is 23.8 Å². The van der Waals surface area contributed by atoms with E-state index in [9.17, 15) is 4.79 Å². The Labute approximate surface area is 192 Å². The van der Waals surface area contributed by atoms with Crippen LogP contribution in [0.2, 0.25) is 0 Å². The zero-order valence-corrected chi connectivity index (χ0v) is 20.1. The first-order chi connectivity index (χ1) is 15.6. The first kappa shape index (κ1) is 25.8. The summed E-state index contributed by atoms with van der Waals surface area (Å²) in [5, 5.41) is 6.95. The first-order valence-corrected chi connectivity index (χ1v) is 11.6. The number of guanidine groups is 1. The molecule has 0 spiro atoms. The summed E-state index contributed by atoms with van der Waals surface area (Å²) in [5.41, 5.74) is 1.19. The summed E-state index contributed by atoms with van der Waals surface area (Å²) in [4.78, 5) is 18.1. The van der Waals surface area contributed by atoms with Gasteiger partial charge in [-0.1, -0.05) is 12.8 Å². The van der Waals surface area contributed by atoms with Crippen molar-refractivity contribution in [2.24, 2.45) is 4.99 Å². The molecular weight excluding hydrogens is 408 g/mol. The predicted octanol–water partition coefficient (Wildman–Crippen LogP) is 2.96. The van der Waals surface area contributed by atoms with Crippen LogP contribution in [0.3, 0.4) is 0 Å². The maximum absolute atomic E-state index is 11.3. The molecule has 0 aromatic heterocycles. The lowest BCUT2D eigenvalue weighted by Crippen LogP contribution is -2.44. The molecule has 1 aromatic rings. The second-order valence-corrected chi connectivity index (χ2v) is 8.05. The van der Waals surface area contributed by atoms with Gasteiger partial charge < -0.3 is 24.8 Å². The Morgan fingerprint density at radius 3 is 2.50 bits per heavy atom. The van der Waals surface area contributed by atoms with Gasteiger partial charge >= 0.3 is 5.97 Å². The molecule has 0 amide bonds. The minimum Gasteiger partial charge on any atom is -0.497 e. The summed E-state index contributed by atoms with van der Waals surface area (Å²) in [7, 11) is 5.16. The molecule has 0 bridgehead atoms. The Balaban J connectivity index is 1.65. The van der Waals surface area contributed by atoms with E-state index in [0.717, 1.165) is 75.7 Å². The highest BCUT2D eigenvalue weighted by Crippen LogP contribution is 2.24. The number of unbranched alkanes of at least 4 members (excludes halogenated alkanes) is 3. The van der Waals surface area contributed by atoms with Crippen molar-refractivity contribution in [1.29, 1.82) is 0 Å². The number of benzene rings is 1. The Hall–Kier alpha value is -2.48. The smallest absolute Gasteiger partial charge is 0.305 e. The second-order valence-electron chi connectivity index (χ2n) is 8.05. The van der Waals surface area contributed by atoms with Crippen molar-refractivity contribution in [2.75, 3.05) is 47.5 Å². The van der Waals surface area contributed by atoms with Crippen LogP contribution in [0.25, 0.3) is 0 Å². The number of hydrogen-bond donors (Lipinski definition) is 2. The molecule has 8 heteroatoms. The second kappa shape index (κ2) is 14.6. The minimum atomic E-state index is -0.0913. The number of hydrogen-bond acceptors (Lipinski definition) is 6. The number of methoxy groups -OCH3 is 2. The summed E-state index contributed by atoms with van der Waals surface area (Å²) in [5.74, 6) is 2.40. The lowest BCUT2D eigenvalue weighted by molar-refractivity contribution is -0.143. The molecule has 0 saturated carbocycles. The van der Waals surface area contributed by atoms with Crippen LogP contribution in [0.5, 0.6) is 11.5 Å². The molecule has 32 heavy (non-hydrogen) atoms. The highest BCUT2D eigenvalue weighted by molar-refractivity contribution is 5.80. The first-order valence-electron chi connectivity index (χ1n) is 11.6. The van der Waals surface area contributed by atoms with E-state index in [1.54, 1.807) is 14.2 Å². The van der Waals surface area contributed by atoms with Crippen LogP contribution in [-0.4, -0.2) is 70.4 Å². The maximum Gasteiger partial charge on any atom is 0.305 e. The van der Waals surface area contributed by atoms with E-state index in [1.165, 1.54) is 5.56 Å². The van der Waals surface area contributed by atoms with Gasteiger partial charge in [0, 0.05) is 51.8 Å². The third-order valence-electron chi connectivity index (χ3n) is 5.56. The van der Waals surface area contributed by atoms with E-state index in [-0.39, 0.29) is 5.97 Å². The lowest BCUT2D eigenvalue weighted by atomic mass is 10.1. The number of nitrogens with zero attached hydrogens (tertiary/aromatic N) is 2. The van der Waals surface area contributed by atoms with Crippen LogP contribution in [0.1, 0.15) is 51.0 Å². The topological polar surface area (TPSA) is 84.4 Å². The van der Waals surface area contributed by atoms with Crippen molar-refractivity contribution in [2.45, 2.75) is 58.0 Å². The number of nitrogens with one attached hydrogen (secondary N) is 2. The van der Waals surface area contributed by atoms with Crippen LogP contribution >= 0.6 is 0 Å². The zero-order valence-electron chi connectivity index (χ0n) is 20.1.